The van der Waals surface area contributed by atoms with Gasteiger partial charge in [-0.1, -0.05) is 41.7 Å². The van der Waals surface area contributed by atoms with Crippen LogP contribution in [0.1, 0.15) is 29.0 Å². The Hall–Kier alpha value is -2.13. The first-order valence-corrected chi connectivity index (χ1v) is 10.8. The zero-order valence-electron chi connectivity index (χ0n) is 14.1. The number of rotatable bonds is 5. The molecule has 1 amide bonds. The first-order chi connectivity index (χ1) is 12.5. The van der Waals surface area contributed by atoms with Gasteiger partial charge < -0.3 is 9.64 Å². The molecule has 1 aliphatic carbocycles. The third-order valence-corrected chi connectivity index (χ3v) is 7.34. The number of fused-ring (bicyclic) bond motifs is 1. The van der Waals surface area contributed by atoms with Crippen LogP contribution in [0.25, 0.3) is 0 Å². The van der Waals surface area contributed by atoms with Gasteiger partial charge in [-0.25, -0.2) is 18.2 Å². The van der Waals surface area contributed by atoms with Gasteiger partial charge in [0.1, 0.15) is 6.61 Å². The van der Waals surface area contributed by atoms with Crippen LogP contribution in [-0.4, -0.2) is 36.2 Å². The molecule has 0 unspecified atom stereocenters. The molecule has 0 atom stereocenters. The Morgan fingerprint density at radius 2 is 2.08 bits per heavy atom. The van der Waals surface area contributed by atoms with Gasteiger partial charge in [-0.2, -0.15) is 0 Å². The van der Waals surface area contributed by atoms with Crippen LogP contribution < -0.4 is 4.72 Å². The second kappa shape index (κ2) is 6.88. The zero-order chi connectivity index (χ0) is 18.1. The largest absolute Gasteiger partial charge is 0.445 e. The van der Waals surface area contributed by atoms with Crippen LogP contribution in [0.15, 0.2) is 30.3 Å². The number of carbonyl (C=O) groups excluding carboxylic acids is 1. The number of thiazole rings is 1. The molecule has 1 N–H and O–H groups in total. The number of hydrogen-bond acceptors (Lipinski definition) is 6. The van der Waals surface area contributed by atoms with Crippen molar-refractivity contribution in [2.45, 2.75) is 37.7 Å². The van der Waals surface area contributed by atoms with Gasteiger partial charge in [0.25, 0.3) is 0 Å². The van der Waals surface area contributed by atoms with Crippen molar-refractivity contribution < 1.29 is 17.9 Å². The van der Waals surface area contributed by atoms with Crippen LogP contribution in [0.5, 0.6) is 0 Å². The van der Waals surface area contributed by atoms with Gasteiger partial charge in [0.15, 0.2) is 5.13 Å². The van der Waals surface area contributed by atoms with Crippen LogP contribution >= 0.6 is 11.3 Å². The van der Waals surface area contributed by atoms with Crippen molar-refractivity contribution in [2.24, 2.45) is 0 Å². The van der Waals surface area contributed by atoms with Gasteiger partial charge in [0.2, 0.25) is 10.0 Å². The molecular formula is C17H19N3O4S2. The minimum atomic E-state index is -3.32. The molecular weight excluding hydrogens is 374 g/mol. The van der Waals surface area contributed by atoms with Crippen LogP contribution in [0.4, 0.5) is 9.93 Å². The lowest BCUT2D eigenvalue weighted by Gasteiger charge is -2.25. The van der Waals surface area contributed by atoms with Crippen LogP contribution in [0.3, 0.4) is 0 Å². The van der Waals surface area contributed by atoms with E-state index in [-0.39, 0.29) is 18.0 Å². The fraction of sp³-hybridized carbons (Fsp3) is 0.412. The molecule has 7 nitrogen and oxygen atoms in total. The number of amides is 1. The molecule has 1 aromatic heterocycles. The molecule has 9 heteroatoms. The lowest BCUT2D eigenvalue weighted by Crippen LogP contribution is -2.35. The maximum absolute atomic E-state index is 12.3. The third-order valence-electron chi connectivity index (χ3n) is 4.39. The maximum atomic E-state index is 12.3. The van der Waals surface area contributed by atoms with Crippen LogP contribution in [0.2, 0.25) is 0 Å². The lowest BCUT2D eigenvalue weighted by atomic mass is 10.2. The van der Waals surface area contributed by atoms with Crippen LogP contribution in [0, 0.1) is 0 Å². The monoisotopic (exact) mass is 393 g/mol. The minimum Gasteiger partial charge on any atom is -0.445 e. The summed E-state index contributed by atoms with van der Waals surface area (Å²) in [5, 5.41) is 0.106. The van der Waals surface area contributed by atoms with E-state index in [2.05, 4.69) is 9.71 Å². The number of sulfonamides is 1. The summed E-state index contributed by atoms with van der Waals surface area (Å²) in [5.74, 6) is 0. The molecule has 0 bridgehead atoms. The quantitative estimate of drug-likeness (QED) is 0.844. The van der Waals surface area contributed by atoms with E-state index in [9.17, 15) is 13.2 Å². The number of hydrogen-bond donors (Lipinski definition) is 1. The zero-order valence-corrected chi connectivity index (χ0v) is 15.7. The fourth-order valence-electron chi connectivity index (χ4n) is 2.79. The van der Waals surface area contributed by atoms with Gasteiger partial charge >= 0.3 is 6.09 Å². The van der Waals surface area contributed by atoms with Crippen molar-refractivity contribution in [3.63, 3.8) is 0 Å². The number of benzene rings is 1. The summed E-state index contributed by atoms with van der Waals surface area (Å²) in [5.41, 5.74) is 1.80. The van der Waals surface area contributed by atoms with E-state index >= 15 is 0 Å². The second-order valence-corrected chi connectivity index (χ2v) is 9.49. The standard InChI is InChI=1S/C17H19N3O4S2/c21-17(24-11-12-4-2-1-3-5-12)20-9-8-14-15(10-20)25-16(18-14)19-26(22,23)13-6-7-13/h1-5,13H,6-11H2,(H,18,19). The second-order valence-electron chi connectivity index (χ2n) is 6.45. The van der Waals surface area contributed by atoms with E-state index in [1.807, 2.05) is 30.3 Å². The maximum Gasteiger partial charge on any atom is 0.410 e. The third kappa shape index (κ3) is 3.83. The number of aromatic nitrogens is 1. The summed E-state index contributed by atoms with van der Waals surface area (Å²) in [7, 11) is -3.32. The molecule has 0 radical (unpaired) electrons. The van der Waals surface area contributed by atoms with Crippen molar-refractivity contribution in [2.75, 3.05) is 11.3 Å². The highest BCUT2D eigenvalue weighted by Crippen LogP contribution is 2.33. The molecule has 2 heterocycles. The molecule has 1 fully saturated rings. The minimum absolute atomic E-state index is 0.234. The highest BCUT2D eigenvalue weighted by Gasteiger charge is 2.36. The molecule has 4 rings (SSSR count). The molecule has 0 spiro atoms. The topological polar surface area (TPSA) is 88.6 Å². The Morgan fingerprint density at radius 3 is 2.81 bits per heavy atom. The first-order valence-electron chi connectivity index (χ1n) is 8.47. The summed E-state index contributed by atoms with van der Waals surface area (Å²) in [6.45, 7) is 1.14. The normalized spacial score (nSPS) is 16.8. The van der Waals surface area contributed by atoms with Crippen molar-refractivity contribution in [3.05, 3.63) is 46.5 Å². The summed E-state index contributed by atoms with van der Waals surface area (Å²) in [6.07, 6.45) is 1.65. The van der Waals surface area contributed by atoms with E-state index in [0.29, 0.717) is 37.5 Å². The smallest absolute Gasteiger partial charge is 0.410 e. The summed E-state index contributed by atoms with van der Waals surface area (Å²) in [6, 6.07) is 9.53. The van der Waals surface area contributed by atoms with Gasteiger partial charge in [-0.3, -0.25) is 4.72 Å². The predicted molar refractivity (Wildman–Crippen MR) is 98.4 cm³/mol. The van der Waals surface area contributed by atoms with Crippen LogP contribution in [-0.2, 0) is 34.3 Å². The number of ether oxygens (including phenoxy) is 1. The van der Waals surface area contributed by atoms with Gasteiger partial charge in [0.05, 0.1) is 17.5 Å². The first kappa shape index (κ1) is 17.3. The summed E-state index contributed by atoms with van der Waals surface area (Å²) >= 11 is 1.29. The molecule has 1 aromatic carbocycles. The average Bonchev–Trinajstić information content (AvgIpc) is 3.42. The average molecular weight is 393 g/mol. The van der Waals surface area contributed by atoms with E-state index in [4.69, 9.17) is 4.74 Å². The van der Waals surface area contributed by atoms with E-state index < -0.39 is 10.0 Å². The molecule has 26 heavy (non-hydrogen) atoms. The molecule has 138 valence electrons. The molecule has 1 saturated carbocycles. The van der Waals surface area contributed by atoms with Crippen molar-refractivity contribution in [3.8, 4) is 0 Å². The SMILES string of the molecule is O=C(OCc1ccccc1)N1CCc2nc(NS(=O)(=O)C3CC3)sc2C1. The van der Waals surface area contributed by atoms with Gasteiger partial charge in [-0.15, -0.1) is 0 Å². The number of carbonyl (C=O) groups is 1. The summed E-state index contributed by atoms with van der Waals surface area (Å²) in [4.78, 5) is 19.2. The van der Waals surface area contributed by atoms with Crippen molar-refractivity contribution >= 4 is 32.6 Å². The Kier molecular flexibility index (Phi) is 4.58. The van der Waals surface area contributed by atoms with E-state index in [1.54, 1.807) is 4.90 Å². The highest BCUT2D eigenvalue weighted by molar-refractivity contribution is 7.93. The predicted octanol–water partition coefficient (Wildman–Crippen LogP) is 2.74. The molecule has 2 aliphatic rings. The Morgan fingerprint density at radius 1 is 1.31 bits per heavy atom. The molecule has 2 aromatic rings. The highest BCUT2D eigenvalue weighted by atomic mass is 32.2. The molecule has 1 aliphatic heterocycles. The Bertz CT molecular complexity index is 907. The van der Waals surface area contributed by atoms with Crippen molar-refractivity contribution in [1.29, 1.82) is 0 Å². The van der Waals surface area contributed by atoms with E-state index in [0.717, 1.165) is 16.1 Å². The lowest BCUT2D eigenvalue weighted by molar-refractivity contribution is 0.0921. The Labute approximate surface area is 156 Å². The van der Waals surface area contributed by atoms with Gasteiger partial charge in [-0.05, 0) is 18.4 Å². The number of nitrogens with one attached hydrogen (secondary N) is 1. The fourth-order valence-corrected chi connectivity index (χ4v) is 5.39. The van der Waals surface area contributed by atoms with E-state index in [1.165, 1.54) is 11.3 Å². The van der Waals surface area contributed by atoms with Crippen molar-refractivity contribution in [1.82, 2.24) is 9.88 Å². The number of anilines is 1. The summed E-state index contributed by atoms with van der Waals surface area (Å²) < 4.78 is 32.0. The number of nitrogens with zero attached hydrogens (tertiary/aromatic N) is 2. The Balaban J connectivity index is 1.37. The molecule has 0 saturated heterocycles. The van der Waals surface area contributed by atoms with Gasteiger partial charge in [0, 0.05) is 17.8 Å².